The topological polar surface area (TPSA) is 72.6 Å². The quantitative estimate of drug-likeness (QED) is 0.797. The first-order valence-corrected chi connectivity index (χ1v) is 8.09. The summed E-state index contributed by atoms with van der Waals surface area (Å²) in [6.45, 7) is 4.30. The van der Waals surface area contributed by atoms with E-state index < -0.39 is 10.0 Å². The highest BCUT2D eigenvalue weighted by Crippen LogP contribution is 2.28. The molecule has 0 aliphatic carbocycles. The van der Waals surface area contributed by atoms with Gasteiger partial charge in [0.05, 0.1) is 11.5 Å². The van der Waals surface area contributed by atoms with E-state index in [1.54, 1.807) is 19.2 Å². The summed E-state index contributed by atoms with van der Waals surface area (Å²) in [5.74, 6) is 0. The minimum absolute atomic E-state index is 0.159. The molecular weight excluding hydrogens is 332 g/mol. The summed E-state index contributed by atoms with van der Waals surface area (Å²) < 4.78 is 32.1. The molecule has 5 nitrogen and oxygen atoms in total. The second-order valence-electron chi connectivity index (χ2n) is 4.39. The monoisotopic (exact) mass is 350 g/mol. The van der Waals surface area contributed by atoms with Crippen LogP contribution in [0.2, 0.25) is 0 Å². The molecule has 0 radical (unpaired) electrons. The fourth-order valence-corrected chi connectivity index (χ4v) is 4.26. The van der Waals surface area contributed by atoms with Crippen molar-refractivity contribution in [3.63, 3.8) is 0 Å². The maximum Gasteiger partial charge on any atom is 0.244 e. The number of hydrogen-bond donors (Lipinski definition) is 1. The molecule has 0 bridgehead atoms. The molecule has 0 unspecified atom stereocenters. The van der Waals surface area contributed by atoms with Crippen LogP contribution < -0.4 is 5.73 Å². The third kappa shape index (κ3) is 3.92. The van der Waals surface area contributed by atoms with E-state index in [2.05, 4.69) is 15.9 Å². The third-order valence-corrected chi connectivity index (χ3v) is 5.70. The standard InChI is InChI=1S/C12H19BrN2O3S/c1-9(2)15(6-7-18-3)19(16,17)12-8-10(14)4-5-11(12)13/h4-5,8-9H,6-7,14H2,1-3H3. The Morgan fingerprint density at radius 3 is 2.58 bits per heavy atom. The van der Waals surface area contributed by atoms with Crippen molar-refractivity contribution in [3.05, 3.63) is 22.7 Å². The molecule has 0 saturated heterocycles. The van der Waals surface area contributed by atoms with E-state index >= 15 is 0 Å². The Labute approximate surface area is 122 Å². The minimum atomic E-state index is -3.60. The van der Waals surface area contributed by atoms with Gasteiger partial charge in [0, 0.05) is 29.9 Å². The maximum absolute atomic E-state index is 12.6. The van der Waals surface area contributed by atoms with Crippen molar-refractivity contribution in [2.24, 2.45) is 0 Å². The van der Waals surface area contributed by atoms with Crippen molar-refractivity contribution in [1.82, 2.24) is 4.31 Å². The summed E-state index contributed by atoms with van der Waals surface area (Å²) in [4.78, 5) is 0.178. The number of ether oxygens (including phenoxy) is 1. The number of sulfonamides is 1. The van der Waals surface area contributed by atoms with Gasteiger partial charge in [-0.1, -0.05) is 0 Å². The van der Waals surface area contributed by atoms with E-state index in [1.807, 2.05) is 13.8 Å². The van der Waals surface area contributed by atoms with Crippen molar-refractivity contribution in [2.75, 3.05) is 26.0 Å². The largest absolute Gasteiger partial charge is 0.399 e. The van der Waals surface area contributed by atoms with E-state index in [9.17, 15) is 8.42 Å². The van der Waals surface area contributed by atoms with Crippen molar-refractivity contribution in [2.45, 2.75) is 24.8 Å². The number of nitrogens with two attached hydrogens (primary N) is 1. The first kappa shape index (κ1) is 16.4. The van der Waals surface area contributed by atoms with Crippen LogP contribution in [0, 0.1) is 0 Å². The van der Waals surface area contributed by atoms with Gasteiger partial charge < -0.3 is 10.5 Å². The molecule has 2 N–H and O–H groups in total. The van der Waals surface area contributed by atoms with E-state index in [0.717, 1.165) is 0 Å². The summed E-state index contributed by atoms with van der Waals surface area (Å²) in [5.41, 5.74) is 6.09. The van der Waals surface area contributed by atoms with Crippen LogP contribution >= 0.6 is 15.9 Å². The summed E-state index contributed by atoms with van der Waals surface area (Å²) in [6.07, 6.45) is 0. The SMILES string of the molecule is COCCN(C(C)C)S(=O)(=O)c1cc(N)ccc1Br. The molecule has 0 aliphatic heterocycles. The molecule has 0 spiro atoms. The van der Waals surface area contributed by atoms with Gasteiger partial charge >= 0.3 is 0 Å². The third-order valence-electron chi connectivity index (χ3n) is 2.63. The number of nitrogen functional groups attached to an aromatic ring is 1. The molecule has 0 amide bonds. The number of halogens is 1. The molecule has 0 aromatic heterocycles. The predicted molar refractivity (Wildman–Crippen MR) is 79.5 cm³/mol. The van der Waals surface area contributed by atoms with Crippen LogP contribution in [-0.2, 0) is 14.8 Å². The summed E-state index contributed by atoms with van der Waals surface area (Å²) in [6, 6.07) is 4.59. The van der Waals surface area contributed by atoms with E-state index in [0.29, 0.717) is 23.3 Å². The van der Waals surface area contributed by atoms with Gasteiger partial charge in [-0.25, -0.2) is 8.42 Å². The second-order valence-corrected chi connectivity index (χ2v) is 7.11. The van der Waals surface area contributed by atoms with E-state index in [4.69, 9.17) is 10.5 Å². The van der Waals surface area contributed by atoms with Gasteiger partial charge in [0.15, 0.2) is 0 Å². The smallest absolute Gasteiger partial charge is 0.244 e. The number of benzene rings is 1. The van der Waals surface area contributed by atoms with Gasteiger partial charge in [0.25, 0.3) is 0 Å². The summed E-state index contributed by atoms with van der Waals surface area (Å²) in [7, 11) is -2.06. The van der Waals surface area contributed by atoms with Crippen LogP contribution in [0.5, 0.6) is 0 Å². The first-order valence-electron chi connectivity index (χ1n) is 5.86. The maximum atomic E-state index is 12.6. The van der Waals surface area contributed by atoms with Gasteiger partial charge in [0.2, 0.25) is 10.0 Å². The molecule has 1 aromatic rings. The lowest BCUT2D eigenvalue weighted by molar-refractivity contribution is 0.171. The number of nitrogens with zero attached hydrogens (tertiary/aromatic N) is 1. The zero-order chi connectivity index (χ0) is 14.6. The van der Waals surface area contributed by atoms with Gasteiger partial charge in [-0.3, -0.25) is 0 Å². The highest BCUT2D eigenvalue weighted by atomic mass is 79.9. The van der Waals surface area contributed by atoms with Crippen LogP contribution in [0.15, 0.2) is 27.6 Å². The Kier molecular flexibility index (Phi) is 5.79. The normalized spacial score (nSPS) is 12.3. The summed E-state index contributed by atoms with van der Waals surface area (Å²) >= 11 is 3.26. The van der Waals surface area contributed by atoms with E-state index in [1.165, 1.54) is 10.4 Å². The van der Waals surface area contributed by atoms with Crippen LogP contribution in [0.1, 0.15) is 13.8 Å². The molecule has 0 saturated carbocycles. The molecule has 0 heterocycles. The van der Waals surface area contributed by atoms with Gasteiger partial charge in [0.1, 0.15) is 0 Å². The fraction of sp³-hybridized carbons (Fsp3) is 0.500. The van der Waals surface area contributed by atoms with Crippen LogP contribution in [-0.4, -0.2) is 39.0 Å². The molecule has 108 valence electrons. The average Bonchev–Trinajstić information content (AvgIpc) is 2.32. The number of methoxy groups -OCH3 is 1. The fourth-order valence-electron chi connectivity index (χ4n) is 1.68. The molecule has 0 fully saturated rings. The van der Waals surface area contributed by atoms with Crippen molar-refractivity contribution < 1.29 is 13.2 Å². The molecule has 1 aromatic carbocycles. The lowest BCUT2D eigenvalue weighted by Gasteiger charge is -2.26. The zero-order valence-corrected chi connectivity index (χ0v) is 13.7. The van der Waals surface area contributed by atoms with Crippen molar-refractivity contribution >= 4 is 31.6 Å². The van der Waals surface area contributed by atoms with Gasteiger partial charge in [-0.05, 0) is 48.0 Å². The molecule has 7 heteroatoms. The Morgan fingerprint density at radius 2 is 2.05 bits per heavy atom. The minimum Gasteiger partial charge on any atom is -0.399 e. The second kappa shape index (κ2) is 6.69. The predicted octanol–water partition coefficient (Wildman–Crippen LogP) is 2.08. The lowest BCUT2D eigenvalue weighted by atomic mass is 10.3. The Balaban J connectivity index is 3.22. The number of rotatable bonds is 6. The van der Waals surface area contributed by atoms with E-state index in [-0.39, 0.29) is 10.9 Å². The molecule has 1 rings (SSSR count). The highest BCUT2D eigenvalue weighted by molar-refractivity contribution is 9.10. The van der Waals surface area contributed by atoms with Gasteiger partial charge in [-0.15, -0.1) is 0 Å². The van der Waals surface area contributed by atoms with Crippen LogP contribution in [0.3, 0.4) is 0 Å². The van der Waals surface area contributed by atoms with Crippen molar-refractivity contribution in [3.8, 4) is 0 Å². The number of anilines is 1. The molecule has 0 aliphatic rings. The Bertz CT molecular complexity index is 532. The lowest BCUT2D eigenvalue weighted by Crippen LogP contribution is -2.39. The van der Waals surface area contributed by atoms with Crippen LogP contribution in [0.25, 0.3) is 0 Å². The number of hydrogen-bond acceptors (Lipinski definition) is 4. The van der Waals surface area contributed by atoms with Crippen LogP contribution in [0.4, 0.5) is 5.69 Å². The average molecular weight is 351 g/mol. The Hall–Kier alpha value is -0.630. The zero-order valence-electron chi connectivity index (χ0n) is 11.3. The molecule has 19 heavy (non-hydrogen) atoms. The first-order chi connectivity index (χ1) is 8.80. The summed E-state index contributed by atoms with van der Waals surface area (Å²) in [5, 5.41) is 0. The van der Waals surface area contributed by atoms with Gasteiger partial charge in [-0.2, -0.15) is 4.31 Å². The highest BCUT2D eigenvalue weighted by Gasteiger charge is 2.28. The Morgan fingerprint density at radius 1 is 1.42 bits per heavy atom. The van der Waals surface area contributed by atoms with Crippen molar-refractivity contribution in [1.29, 1.82) is 0 Å². The molecule has 0 atom stereocenters. The molecular formula is C12H19BrN2O3S.